The van der Waals surface area contributed by atoms with Crippen molar-refractivity contribution in [3.8, 4) is 5.75 Å². The third-order valence-electron chi connectivity index (χ3n) is 6.69. The van der Waals surface area contributed by atoms with E-state index in [9.17, 15) is 14.0 Å². The zero-order valence-electron chi connectivity index (χ0n) is 19.6. The molecule has 1 atom stereocenters. The van der Waals surface area contributed by atoms with Crippen LogP contribution in [0.25, 0.3) is 0 Å². The largest absolute Gasteiger partial charge is 0.491 e. The van der Waals surface area contributed by atoms with Crippen molar-refractivity contribution in [2.45, 2.75) is 31.7 Å². The normalized spacial score (nSPS) is 17.1. The molecule has 1 fully saturated rings. The Labute approximate surface area is 209 Å². The molecular weight excluding hydrogens is 463 g/mol. The Bertz CT molecular complexity index is 1160. The summed E-state index contributed by atoms with van der Waals surface area (Å²) in [5.41, 5.74) is 2.05. The van der Waals surface area contributed by atoms with Crippen LogP contribution in [-0.2, 0) is 22.4 Å². The number of benzene rings is 2. The summed E-state index contributed by atoms with van der Waals surface area (Å²) < 4.78 is 19.3. The van der Waals surface area contributed by atoms with E-state index in [-0.39, 0.29) is 36.8 Å². The Morgan fingerprint density at radius 3 is 2.57 bits per heavy atom. The van der Waals surface area contributed by atoms with Crippen LogP contribution in [0.5, 0.6) is 5.75 Å². The first-order chi connectivity index (χ1) is 17.1. The van der Waals surface area contributed by atoms with Gasteiger partial charge in [-0.3, -0.25) is 9.59 Å². The number of ether oxygens (including phenoxy) is 1. The molecular formula is C28H29FN2O3S. The van der Waals surface area contributed by atoms with Gasteiger partial charge in [0.15, 0.2) is 0 Å². The fourth-order valence-electron chi connectivity index (χ4n) is 4.58. The standard InChI is InChI=1S/C28H29FN2O3S/c29-22-8-10-23(11-9-22)34-19-25-24-13-15-35-26(24)12-14-31(25)28(33)18-30(17-21-6-7-21)27(32)16-20-4-2-1-3-5-20/h1-5,8-11,13,15,21,25H,6-7,12,14,16-19H2/t25-/m1/s1. The molecule has 0 radical (unpaired) electrons. The zero-order chi connectivity index (χ0) is 24.2. The molecule has 5 nitrogen and oxygen atoms in total. The molecule has 2 aromatic carbocycles. The van der Waals surface area contributed by atoms with Gasteiger partial charge in [-0.15, -0.1) is 11.3 Å². The molecule has 2 heterocycles. The van der Waals surface area contributed by atoms with Crippen molar-refractivity contribution in [2.75, 3.05) is 26.2 Å². The quantitative estimate of drug-likeness (QED) is 0.428. The number of halogens is 1. The number of amides is 2. The van der Waals surface area contributed by atoms with Gasteiger partial charge in [-0.25, -0.2) is 4.39 Å². The Kier molecular flexibility index (Phi) is 7.13. The molecule has 2 aliphatic rings. The van der Waals surface area contributed by atoms with E-state index in [1.54, 1.807) is 28.4 Å². The Morgan fingerprint density at radius 2 is 1.83 bits per heavy atom. The second-order valence-corrected chi connectivity index (χ2v) is 10.3. The van der Waals surface area contributed by atoms with Gasteiger partial charge in [0.25, 0.3) is 0 Å². The lowest BCUT2D eigenvalue weighted by Crippen LogP contribution is -2.48. The predicted molar refractivity (Wildman–Crippen MR) is 134 cm³/mol. The smallest absolute Gasteiger partial charge is 0.242 e. The first-order valence-corrected chi connectivity index (χ1v) is 13.0. The van der Waals surface area contributed by atoms with E-state index in [0.717, 1.165) is 30.4 Å². The van der Waals surface area contributed by atoms with Gasteiger partial charge in [0.2, 0.25) is 11.8 Å². The number of fused-ring (bicyclic) bond motifs is 1. The molecule has 182 valence electrons. The van der Waals surface area contributed by atoms with Crippen LogP contribution in [0.15, 0.2) is 66.0 Å². The minimum absolute atomic E-state index is 0.0104. The lowest BCUT2D eigenvalue weighted by molar-refractivity contribution is -0.142. The van der Waals surface area contributed by atoms with Gasteiger partial charge in [0.05, 0.1) is 19.0 Å². The molecule has 1 aliphatic heterocycles. The van der Waals surface area contributed by atoms with Crippen LogP contribution in [0.3, 0.4) is 0 Å². The van der Waals surface area contributed by atoms with Crippen molar-refractivity contribution < 1.29 is 18.7 Å². The van der Waals surface area contributed by atoms with Gasteiger partial charge in [0.1, 0.15) is 18.2 Å². The molecule has 7 heteroatoms. The molecule has 0 saturated heterocycles. The molecule has 1 aliphatic carbocycles. The summed E-state index contributed by atoms with van der Waals surface area (Å²) in [5, 5.41) is 2.05. The Morgan fingerprint density at radius 1 is 1.06 bits per heavy atom. The van der Waals surface area contributed by atoms with Crippen molar-refractivity contribution >= 4 is 23.2 Å². The first kappa shape index (κ1) is 23.5. The van der Waals surface area contributed by atoms with Crippen LogP contribution in [0.4, 0.5) is 4.39 Å². The van der Waals surface area contributed by atoms with Gasteiger partial charge in [0, 0.05) is 18.0 Å². The van der Waals surface area contributed by atoms with Crippen LogP contribution in [-0.4, -0.2) is 47.9 Å². The van der Waals surface area contributed by atoms with Gasteiger partial charge in [-0.2, -0.15) is 0 Å². The minimum Gasteiger partial charge on any atom is -0.491 e. The van der Waals surface area contributed by atoms with E-state index in [2.05, 4.69) is 6.07 Å². The highest BCUT2D eigenvalue weighted by atomic mass is 32.1. The highest BCUT2D eigenvalue weighted by Crippen LogP contribution is 2.34. The number of hydrogen-bond donors (Lipinski definition) is 0. The molecule has 1 saturated carbocycles. The molecule has 0 N–H and O–H groups in total. The molecule has 0 bridgehead atoms. The summed E-state index contributed by atoms with van der Waals surface area (Å²) in [6.45, 7) is 1.58. The Hall–Kier alpha value is -3.19. The average Bonchev–Trinajstić information content (AvgIpc) is 3.56. The van der Waals surface area contributed by atoms with Gasteiger partial charge >= 0.3 is 0 Å². The lowest BCUT2D eigenvalue weighted by atomic mass is 10.0. The predicted octanol–water partition coefficient (Wildman–Crippen LogP) is 4.87. The van der Waals surface area contributed by atoms with Crippen molar-refractivity contribution in [3.05, 3.63) is 87.9 Å². The van der Waals surface area contributed by atoms with Crippen molar-refractivity contribution in [3.63, 3.8) is 0 Å². The van der Waals surface area contributed by atoms with Crippen LogP contribution in [0, 0.1) is 11.7 Å². The van der Waals surface area contributed by atoms with Crippen molar-refractivity contribution in [1.82, 2.24) is 9.80 Å². The summed E-state index contributed by atoms with van der Waals surface area (Å²) in [6, 6.07) is 17.4. The van der Waals surface area contributed by atoms with Crippen LogP contribution >= 0.6 is 11.3 Å². The third kappa shape index (κ3) is 5.90. The summed E-state index contributed by atoms with van der Waals surface area (Å²) in [7, 11) is 0. The zero-order valence-corrected chi connectivity index (χ0v) is 20.4. The van der Waals surface area contributed by atoms with Gasteiger partial charge < -0.3 is 14.5 Å². The topological polar surface area (TPSA) is 49.9 Å². The van der Waals surface area contributed by atoms with Crippen LogP contribution in [0.2, 0.25) is 0 Å². The highest BCUT2D eigenvalue weighted by Gasteiger charge is 2.35. The molecule has 5 rings (SSSR count). The highest BCUT2D eigenvalue weighted by molar-refractivity contribution is 7.10. The van der Waals surface area contributed by atoms with Crippen molar-refractivity contribution in [2.24, 2.45) is 5.92 Å². The molecule has 3 aromatic rings. The maximum Gasteiger partial charge on any atom is 0.242 e. The molecule has 2 amide bonds. The number of carbonyl (C=O) groups excluding carboxylic acids is 2. The van der Waals surface area contributed by atoms with Crippen molar-refractivity contribution in [1.29, 1.82) is 0 Å². The van der Waals surface area contributed by atoms with Crippen LogP contribution in [0.1, 0.15) is 34.9 Å². The average molecular weight is 493 g/mol. The van der Waals surface area contributed by atoms with E-state index in [4.69, 9.17) is 4.74 Å². The maximum absolute atomic E-state index is 13.6. The summed E-state index contributed by atoms with van der Waals surface area (Å²) in [6.07, 6.45) is 3.32. The second kappa shape index (κ2) is 10.6. The van der Waals surface area contributed by atoms with E-state index in [0.29, 0.717) is 31.2 Å². The van der Waals surface area contributed by atoms with E-state index >= 15 is 0 Å². The number of rotatable bonds is 9. The van der Waals surface area contributed by atoms with Crippen LogP contribution < -0.4 is 4.74 Å². The number of thiophene rings is 1. The van der Waals surface area contributed by atoms with Gasteiger partial charge in [-0.05, 0) is 72.0 Å². The second-order valence-electron chi connectivity index (χ2n) is 9.30. The summed E-state index contributed by atoms with van der Waals surface area (Å²) in [5.74, 6) is 0.669. The maximum atomic E-state index is 13.6. The number of hydrogen-bond acceptors (Lipinski definition) is 4. The van der Waals surface area contributed by atoms with E-state index in [1.807, 2.05) is 40.6 Å². The van der Waals surface area contributed by atoms with E-state index in [1.165, 1.54) is 17.0 Å². The molecule has 35 heavy (non-hydrogen) atoms. The SMILES string of the molecule is O=C(Cc1ccccc1)N(CC(=O)N1CCc2sccc2[C@H]1COc1ccc(F)cc1)CC1CC1. The lowest BCUT2D eigenvalue weighted by Gasteiger charge is -2.37. The Balaban J connectivity index is 1.30. The number of nitrogens with zero attached hydrogens (tertiary/aromatic N) is 2. The van der Waals surface area contributed by atoms with Gasteiger partial charge in [-0.1, -0.05) is 30.3 Å². The number of carbonyl (C=O) groups is 2. The first-order valence-electron chi connectivity index (χ1n) is 12.1. The third-order valence-corrected chi connectivity index (χ3v) is 7.69. The monoisotopic (exact) mass is 492 g/mol. The molecule has 0 unspecified atom stereocenters. The fourth-order valence-corrected chi connectivity index (χ4v) is 5.51. The van der Waals surface area contributed by atoms with E-state index < -0.39 is 0 Å². The summed E-state index contributed by atoms with van der Waals surface area (Å²) in [4.78, 5) is 31.6. The fraction of sp³-hybridized carbons (Fsp3) is 0.357. The molecule has 0 spiro atoms. The molecule has 1 aromatic heterocycles. The summed E-state index contributed by atoms with van der Waals surface area (Å²) >= 11 is 1.70. The minimum atomic E-state index is -0.317.